The van der Waals surface area contributed by atoms with Crippen molar-refractivity contribution >= 4 is 11.0 Å². The predicted octanol–water partition coefficient (Wildman–Crippen LogP) is 2.47. The summed E-state index contributed by atoms with van der Waals surface area (Å²) in [7, 11) is 0. The molecule has 0 saturated heterocycles. The number of hydrogen-bond acceptors (Lipinski definition) is 2. The van der Waals surface area contributed by atoms with Crippen LogP contribution in [0.5, 0.6) is 0 Å². The van der Waals surface area contributed by atoms with Crippen molar-refractivity contribution in [2.24, 2.45) is 23.5 Å². The number of rotatable bonds is 2. The van der Waals surface area contributed by atoms with Gasteiger partial charge in [0.15, 0.2) is 11.6 Å². The second-order valence-electron chi connectivity index (χ2n) is 5.76. The van der Waals surface area contributed by atoms with Crippen LogP contribution in [0.25, 0.3) is 11.0 Å². The number of nitrogens with zero attached hydrogens (tertiary/aromatic N) is 2. The normalized spacial score (nSPS) is 32.8. The summed E-state index contributed by atoms with van der Waals surface area (Å²) in [5, 5.41) is 0. The highest BCUT2D eigenvalue weighted by molar-refractivity contribution is 5.75. The molecule has 1 heterocycles. The average Bonchev–Trinajstić information content (AvgIpc) is 2.77. The summed E-state index contributed by atoms with van der Waals surface area (Å²) in [5.74, 6) is 0.475. The monoisotopic (exact) mass is 263 g/mol. The molecule has 19 heavy (non-hydrogen) atoms. The van der Waals surface area contributed by atoms with Crippen LogP contribution in [0.3, 0.4) is 0 Å². The zero-order valence-corrected chi connectivity index (χ0v) is 10.4. The van der Waals surface area contributed by atoms with Crippen LogP contribution in [0.2, 0.25) is 0 Å². The molecule has 0 bridgehead atoms. The predicted molar refractivity (Wildman–Crippen MR) is 67.4 cm³/mol. The van der Waals surface area contributed by atoms with Crippen molar-refractivity contribution in [3.05, 3.63) is 30.1 Å². The van der Waals surface area contributed by atoms with E-state index in [-0.39, 0.29) is 0 Å². The fourth-order valence-electron chi connectivity index (χ4n) is 3.84. The SMILES string of the molecule is NCC1[C@H]2CC(n3cnc4cc(F)c(F)cc43)C[C@@H]12. The lowest BCUT2D eigenvalue weighted by atomic mass is 10.1. The van der Waals surface area contributed by atoms with Crippen molar-refractivity contribution < 1.29 is 8.78 Å². The minimum atomic E-state index is -0.838. The molecule has 3 nitrogen and oxygen atoms in total. The molecule has 2 N–H and O–H groups in total. The van der Waals surface area contributed by atoms with E-state index in [9.17, 15) is 8.78 Å². The summed E-state index contributed by atoms with van der Waals surface area (Å²) in [6.45, 7) is 0.770. The third-order valence-electron chi connectivity index (χ3n) is 4.88. The van der Waals surface area contributed by atoms with Crippen molar-refractivity contribution in [2.45, 2.75) is 18.9 Å². The Morgan fingerprint density at radius 3 is 2.58 bits per heavy atom. The number of fused-ring (bicyclic) bond motifs is 2. The minimum absolute atomic E-state index is 0.354. The minimum Gasteiger partial charge on any atom is -0.330 e. The van der Waals surface area contributed by atoms with Crippen molar-refractivity contribution in [2.75, 3.05) is 6.54 Å². The summed E-state index contributed by atoms with van der Waals surface area (Å²) in [5.41, 5.74) is 6.92. The number of aromatic nitrogens is 2. The number of nitrogens with two attached hydrogens (primary N) is 1. The molecule has 2 saturated carbocycles. The van der Waals surface area contributed by atoms with Gasteiger partial charge in [0.05, 0.1) is 17.4 Å². The van der Waals surface area contributed by atoms with E-state index in [0.29, 0.717) is 23.0 Å². The van der Waals surface area contributed by atoms with E-state index in [0.717, 1.165) is 31.2 Å². The van der Waals surface area contributed by atoms with E-state index in [1.807, 2.05) is 4.57 Å². The molecule has 0 amide bonds. The third-order valence-corrected chi connectivity index (χ3v) is 4.88. The number of halogens is 2. The first-order valence-corrected chi connectivity index (χ1v) is 6.70. The van der Waals surface area contributed by atoms with Crippen molar-refractivity contribution in [3.63, 3.8) is 0 Å². The van der Waals surface area contributed by atoms with Gasteiger partial charge in [-0.1, -0.05) is 0 Å². The maximum Gasteiger partial charge on any atom is 0.161 e. The van der Waals surface area contributed by atoms with E-state index in [2.05, 4.69) is 4.98 Å². The summed E-state index contributed by atoms with van der Waals surface area (Å²) < 4.78 is 28.5. The Balaban J connectivity index is 1.68. The van der Waals surface area contributed by atoms with E-state index >= 15 is 0 Å². The fraction of sp³-hybridized carbons (Fsp3) is 0.500. The van der Waals surface area contributed by atoms with Crippen LogP contribution in [0, 0.1) is 29.4 Å². The molecular weight excluding hydrogens is 248 g/mol. The Bertz CT molecular complexity index is 639. The van der Waals surface area contributed by atoms with E-state index in [4.69, 9.17) is 5.73 Å². The summed E-state index contributed by atoms with van der Waals surface area (Å²) in [4.78, 5) is 4.18. The average molecular weight is 263 g/mol. The molecule has 0 radical (unpaired) electrons. The number of hydrogen-bond donors (Lipinski definition) is 1. The van der Waals surface area contributed by atoms with Gasteiger partial charge in [-0.05, 0) is 37.1 Å². The highest BCUT2D eigenvalue weighted by Gasteiger charge is 2.55. The summed E-state index contributed by atoms with van der Waals surface area (Å²) in [6, 6.07) is 2.77. The maximum atomic E-state index is 13.4. The Hall–Kier alpha value is -1.49. The Morgan fingerprint density at radius 2 is 1.89 bits per heavy atom. The van der Waals surface area contributed by atoms with Gasteiger partial charge in [0.1, 0.15) is 0 Å². The van der Waals surface area contributed by atoms with E-state index in [1.165, 1.54) is 12.1 Å². The lowest BCUT2D eigenvalue weighted by Gasteiger charge is -2.16. The molecule has 2 aliphatic carbocycles. The van der Waals surface area contributed by atoms with Crippen molar-refractivity contribution in [1.29, 1.82) is 0 Å². The molecule has 4 rings (SSSR count). The smallest absolute Gasteiger partial charge is 0.161 e. The second kappa shape index (κ2) is 3.76. The molecule has 2 fully saturated rings. The largest absolute Gasteiger partial charge is 0.330 e. The molecule has 5 heteroatoms. The highest BCUT2D eigenvalue weighted by atomic mass is 19.2. The molecule has 4 atom stereocenters. The van der Waals surface area contributed by atoms with E-state index < -0.39 is 11.6 Å². The first kappa shape index (κ1) is 11.3. The molecule has 2 unspecified atom stereocenters. The van der Waals surface area contributed by atoms with Gasteiger partial charge in [0.25, 0.3) is 0 Å². The van der Waals surface area contributed by atoms with Gasteiger partial charge in [-0.3, -0.25) is 0 Å². The molecule has 2 aliphatic rings. The molecule has 2 aromatic rings. The quantitative estimate of drug-likeness (QED) is 0.904. The Labute approximate surface area is 109 Å². The Kier molecular flexibility index (Phi) is 2.24. The van der Waals surface area contributed by atoms with Crippen LogP contribution in [0.4, 0.5) is 8.78 Å². The van der Waals surface area contributed by atoms with E-state index in [1.54, 1.807) is 6.33 Å². The van der Waals surface area contributed by atoms with Gasteiger partial charge in [0, 0.05) is 18.2 Å². The van der Waals surface area contributed by atoms with Gasteiger partial charge in [-0.2, -0.15) is 0 Å². The zero-order chi connectivity index (χ0) is 13.1. The van der Waals surface area contributed by atoms with Crippen LogP contribution in [-0.2, 0) is 0 Å². The fourth-order valence-corrected chi connectivity index (χ4v) is 3.84. The molecular formula is C14H15F2N3. The zero-order valence-electron chi connectivity index (χ0n) is 10.4. The third kappa shape index (κ3) is 1.54. The Morgan fingerprint density at radius 1 is 1.21 bits per heavy atom. The molecule has 1 aromatic heterocycles. The van der Waals surface area contributed by atoms with Crippen LogP contribution in [0.15, 0.2) is 18.5 Å². The second-order valence-corrected chi connectivity index (χ2v) is 5.76. The molecule has 1 aromatic carbocycles. The van der Waals surface area contributed by atoms with Crippen molar-refractivity contribution in [3.8, 4) is 0 Å². The van der Waals surface area contributed by atoms with Gasteiger partial charge < -0.3 is 10.3 Å². The van der Waals surface area contributed by atoms with Gasteiger partial charge in [0.2, 0.25) is 0 Å². The first-order valence-electron chi connectivity index (χ1n) is 6.70. The van der Waals surface area contributed by atoms with Crippen LogP contribution in [0.1, 0.15) is 18.9 Å². The first-order chi connectivity index (χ1) is 9.19. The topological polar surface area (TPSA) is 43.8 Å². The maximum absolute atomic E-state index is 13.4. The lowest BCUT2D eigenvalue weighted by Crippen LogP contribution is -2.12. The van der Waals surface area contributed by atoms with Crippen molar-refractivity contribution in [1.82, 2.24) is 9.55 Å². The van der Waals surface area contributed by atoms with Crippen LogP contribution < -0.4 is 5.73 Å². The van der Waals surface area contributed by atoms with Gasteiger partial charge in [-0.25, -0.2) is 13.8 Å². The highest BCUT2D eigenvalue weighted by Crippen LogP contribution is 2.60. The van der Waals surface area contributed by atoms with Gasteiger partial charge in [-0.15, -0.1) is 0 Å². The molecule has 0 aliphatic heterocycles. The van der Waals surface area contributed by atoms with Gasteiger partial charge >= 0.3 is 0 Å². The summed E-state index contributed by atoms with van der Waals surface area (Å²) >= 11 is 0. The lowest BCUT2D eigenvalue weighted by molar-refractivity contribution is 0.437. The summed E-state index contributed by atoms with van der Waals surface area (Å²) in [6.07, 6.45) is 3.87. The number of benzene rings is 1. The molecule has 100 valence electrons. The standard InChI is InChI=1S/C14H15F2N3/c15-11-3-13-14(4-12(11)16)19(6-18-13)7-1-8-9(2-7)10(8)5-17/h3-4,6-10H,1-2,5,17H2/t7?,8-,9+,10?. The number of imidazole rings is 1. The molecule has 0 spiro atoms. The van der Waals surface area contributed by atoms with Crippen LogP contribution in [-0.4, -0.2) is 16.1 Å². The van der Waals surface area contributed by atoms with Crippen LogP contribution >= 0.6 is 0 Å².